The molecule has 4 rings (SSSR count). The van der Waals surface area contributed by atoms with Gasteiger partial charge in [0.1, 0.15) is 17.9 Å². The molecule has 0 saturated carbocycles. The van der Waals surface area contributed by atoms with Crippen LogP contribution in [0.25, 0.3) is 10.9 Å². The monoisotopic (exact) mass is 396 g/mol. The van der Waals surface area contributed by atoms with Crippen LogP contribution in [-0.4, -0.2) is 32.6 Å². The molecule has 2 aromatic carbocycles. The average molecular weight is 397 g/mol. The van der Waals surface area contributed by atoms with Crippen LogP contribution in [-0.2, 0) is 6.54 Å². The minimum absolute atomic E-state index is 0.167. The van der Waals surface area contributed by atoms with Crippen LogP contribution in [0.3, 0.4) is 0 Å². The summed E-state index contributed by atoms with van der Waals surface area (Å²) >= 11 is 6.35. The number of nitrogens with zero attached hydrogens (tertiary/aromatic N) is 3. The predicted octanol–water partition coefficient (Wildman–Crippen LogP) is 5.50. The van der Waals surface area contributed by atoms with E-state index in [2.05, 4.69) is 27.1 Å². The quantitative estimate of drug-likeness (QED) is 0.558. The molecule has 1 fully saturated rings. The van der Waals surface area contributed by atoms with E-state index in [1.165, 1.54) is 19.3 Å². The highest BCUT2D eigenvalue weighted by molar-refractivity contribution is 6.32. The Morgan fingerprint density at radius 3 is 2.93 bits per heavy atom. The van der Waals surface area contributed by atoms with Gasteiger partial charge in [-0.1, -0.05) is 37.1 Å². The smallest absolute Gasteiger partial charge is 0.141 e. The van der Waals surface area contributed by atoms with E-state index < -0.39 is 0 Å². The van der Waals surface area contributed by atoms with Crippen molar-refractivity contribution in [3.8, 4) is 5.75 Å². The van der Waals surface area contributed by atoms with Gasteiger partial charge in [0.05, 0.1) is 10.5 Å². The second kappa shape index (κ2) is 8.33. The van der Waals surface area contributed by atoms with Crippen molar-refractivity contribution in [1.29, 1.82) is 0 Å². The number of piperidine rings is 1. The van der Waals surface area contributed by atoms with Crippen LogP contribution < -0.4 is 5.32 Å². The predicted molar refractivity (Wildman–Crippen MR) is 114 cm³/mol. The number of benzene rings is 2. The third kappa shape index (κ3) is 3.91. The van der Waals surface area contributed by atoms with E-state index in [1.54, 1.807) is 12.4 Å². The van der Waals surface area contributed by atoms with Crippen LogP contribution in [0, 0.1) is 0 Å². The molecule has 0 aliphatic carbocycles. The number of likely N-dealkylation sites (tertiary alicyclic amines) is 1. The van der Waals surface area contributed by atoms with Gasteiger partial charge in [0, 0.05) is 29.2 Å². The number of anilines is 2. The maximum Gasteiger partial charge on any atom is 0.141 e. The zero-order valence-corrected chi connectivity index (χ0v) is 16.8. The van der Waals surface area contributed by atoms with Gasteiger partial charge in [-0.15, -0.1) is 0 Å². The van der Waals surface area contributed by atoms with Crippen molar-refractivity contribution in [1.82, 2.24) is 14.9 Å². The second-order valence-electron chi connectivity index (χ2n) is 7.36. The zero-order valence-electron chi connectivity index (χ0n) is 16.0. The standard InChI is InChI=1S/C22H25ClN4O/c1-2-17-7-5-6-10-27(17)13-15-11-16(12-19(23)21(15)28)26-22-18-8-3-4-9-20(18)24-14-25-22/h3-4,8-9,11-12,14,17,28H,2,5-7,10,13H2,1H3,(H,24,25,26)/t17-/m0/s1. The first kappa shape index (κ1) is 19.0. The molecule has 3 aromatic rings. The summed E-state index contributed by atoms with van der Waals surface area (Å²) < 4.78 is 0. The summed E-state index contributed by atoms with van der Waals surface area (Å²) in [7, 11) is 0. The lowest BCUT2D eigenvalue weighted by atomic mass is 9.99. The lowest BCUT2D eigenvalue weighted by Crippen LogP contribution is -2.38. The Labute approximate surface area is 170 Å². The summed E-state index contributed by atoms with van der Waals surface area (Å²) in [5, 5.41) is 15.2. The molecule has 0 spiro atoms. The maximum absolute atomic E-state index is 10.5. The van der Waals surface area contributed by atoms with Gasteiger partial charge < -0.3 is 10.4 Å². The SMILES string of the molecule is CC[C@H]1CCCCN1Cc1cc(Nc2ncnc3ccccc23)cc(Cl)c1O. The number of phenols is 1. The molecule has 1 aliphatic rings. The third-order valence-corrected chi connectivity index (χ3v) is 5.83. The van der Waals surface area contributed by atoms with Gasteiger partial charge in [0.15, 0.2) is 0 Å². The molecule has 1 atom stereocenters. The highest BCUT2D eigenvalue weighted by Gasteiger charge is 2.22. The topological polar surface area (TPSA) is 61.3 Å². The number of aromatic nitrogens is 2. The second-order valence-corrected chi connectivity index (χ2v) is 7.77. The number of hydrogen-bond donors (Lipinski definition) is 2. The molecule has 1 saturated heterocycles. The fourth-order valence-electron chi connectivity index (χ4n) is 4.04. The zero-order chi connectivity index (χ0) is 19.5. The van der Waals surface area contributed by atoms with Gasteiger partial charge in [0.2, 0.25) is 0 Å². The van der Waals surface area contributed by atoms with Gasteiger partial charge in [-0.05, 0) is 50.1 Å². The van der Waals surface area contributed by atoms with Gasteiger partial charge in [0.25, 0.3) is 0 Å². The number of aromatic hydroxyl groups is 1. The number of rotatable bonds is 5. The molecule has 1 aromatic heterocycles. The van der Waals surface area contributed by atoms with Crippen LogP contribution in [0.5, 0.6) is 5.75 Å². The lowest BCUT2D eigenvalue weighted by molar-refractivity contribution is 0.135. The Balaban J connectivity index is 1.63. The van der Waals surface area contributed by atoms with Gasteiger partial charge >= 0.3 is 0 Å². The number of halogens is 1. The Bertz CT molecular complexity index is 973. The molecule has 28 heavy (non-hydrogen) atoms. The van der Waals surface area contributed by atoms with Gasteiger partial charge in [-0.2, -0.15) is 0 Å². The molecular formula is C22H25ClN4O. The fourth-order valence-corrected chi connectivity index (χ4v) is 4.28. The molecule has 6 heteroatoms. The van der Waals surface area contributed by atoms with Crippen LogP contribution in [0.1, 0.15) is 38.2 Å². The Kier molecular flexibility index (Phi) is 5.64. The van der Waals surface area contributed by atoms with Crippen LogP contribution in [0.2, 0.25) is 5.02 Å². The first-order valence-electron chi connectivity index (χ1n) is 9.88. The molecule has 2 N–H and O–H groups in total. The van der Waals surface area contributed by atoms with Crippen molar-refractivity contribution in [2.75, 3.05) is 11.9 Å². The summed E-state index contributed by atoms with van der Waals surface area (Å²) in [4.78, 5) is 11.1. The Morgan fingerprint density at radius 2 is 2.07 bits per heavy atom. The van der Waals surface area contributed by atoms with Crippen molar-refractivity contribution in [2.24, 2.45) is 0 Å². The molecule has 0 bridgehead atoms. The van der Waals surface area contributed by atoms with E-state index in [9.17, 15) is 5.11 Å². The largest absolute Gasteiger partial charge is 0.506 e. The summed E-state index contributed by atoms with van der Waals surface area (Å²) in [6, 6.07) is 12.1. The summed E-state index contributed by atoms with van der Waals surface area (Å²) in [6.07, 6.45) is 6.38. The number of para-hydroxylation sites is 1. The van der Waals surface area contributed by atoms with Crippen molar-refractivity contribution >= 4 is 34.0 Å². The van der Waals surface area contributed by atoms with Crippen LogP contribution in [0.4, 0.5) is 11.5 Å². The fraction of sp³-hybridized carbons (Fsp3) is 0.364. The molecular weight excluding hydrogens is 372 g/mol. The van der Waals surface area contributed by atoms with Crippen molar-refractivity contribution in [3.05, 3.63) is 53.3 Å². The molecule has 2 heterocycles. The molecule has 0 amide bonds. The molecule has 146 valence electrons. The molecule has 0 unspecified atom stereocenters. The third-order valence-electron chi connectivity index (χ3n) is 5.54. The number of hydrogen-bond acceptors (Lipinski definition) is 5. The highest BCUT2D eigenvalue weighted by atomic mass is 35.5. The van der Waals surface area contributed by atoms with Crippen LogP contribution in [0.15, 0.2) is 42.7 Å². The first-order valence-corrected chi connectivity index (χ1v) is 10.3. The average Bonchev–Trinajstić information content (AvgIpc) is 2.72. The van der Waals surface area contributed by atoms with Crippen molar-refractivity contribution in [2.45, 2.75) is 45.2 Å². The van der Waals surface area contributed by atoms with Gasteiger partial charge in [-0.3, -0.25) is 4.90 Å². The van der Waals surface area contributed by atoms with E-state index in [1.807, 2.05) is 30.3 Å². The summed E-state index contributed by atoms with van der Waals surface area (Å²) in [6.45, 7) is 3.99. The highest BCUT2D eigenvalue weighted by Crippen LogP contribution is 2.35. The first-order chi connectivity index (χ1) is 13.7. The number of nitrogens with one attached hydrogen (secondary N) is 1. The molecule has 5 nitrogen and oxygen atoms in total. The normalized spacial score (nSPS) is 17.7. The summed E-state index contributed by atoms with van der Waals surface area (Å²) in [5.41, 5.74) is 2.53. The number of fused-ring (bicyclic) bond motifs is 1. The van der Waals surface area contributed by atoms with E-state index in [-0.39, 0.29) is 5.75 Å². The number of phenolic OH excluding ortho intramolecular Hbond substituents is 1. The minimum Gasteiger partial charge on any atom is -0.506 e. The van der Waals surface area contributed by atoms with E-state index >= 15 is 0 Å². The van der Waals surface area contributed by atoms with Gasteiger partial charge in [-0.25, -0.2) is 9.97 Å². The molecule has 1 aliphatic heterocycles. The minimum atomic E-state index is 0.167. The lowest BCUT2D eigenvalue weighted by Gasteiger charge is -2.35. The maximum atomic E-state index is 10.5. The summed E-state index contributed by atoms with van der Waals surface area (Å²) in [5.74, 6) is 0.892. The molecule has 0 radical (unpaired) electrons. The van der Waals surface area contributed by atoms with Crippen molar-refractivity contribution < 1.29 is 5.11 Å². The van der Waals surface area contributed by atoms with E-state index in [0.29, 0.717) is 17.6 Å². The van der Waals surface area contributed by atoms with E-state index in [0.717, 1.165) is 40.9 Å². The van der Waals surface area contributed by atoms with Crippen LogP contribution >= 0.6 is 11.6 Å². The Morgan fingerprint density at radius 1 is 1.21 bits per heavy atom. The Hall–Kier alpha value is -2.37. The van der Waals surface area contributed by atoms with Crippen molar-refractivity contribution in [3.63, 3.8) is 0 Å². The van der Waals surface area contributed by atoms with E-state index in [4.69, 9.17) is 11.6 Å².